The van der Waals surface area contributed by atoms with Gasteiger partial charge in [0.05, 0.1) is 32.8 Å². The lowest BCUT2D eigenvalue weighted by molar-refractivity contribution is -0.384. The molecule has 0 aliphatic rings. The SMILES string of the molecule is COC(=O)Cn1c(=NC(=O)c2ccc(Cl)cc2Cl)sc2cc([N+](=O)[O-])ccc21. The van der Waals surface area contributed by atoms with Crippen molar-refractivity contribution < 1.29 is 19.2 Å². The molecule has 1 aromatic heterocycles. The third-order valence-corrected chi connectivity index (χ3v) is 5.34. The van der Waals surface area contributed by atoms with Crippen molar-refractivity contribution in [1.29, 1.82) is 0 Å². The lowest BCUT2D eigenvalue weighted by atomic mass is 10.2. The van der Waals surface area contributed by atoms with Gasteiger partial charge in [0, 0.05) is 17.2 Å². The van der Waals surface area contributed by atoms with Crippen molar-refractivity contribution in [2.24, 2.45) is 4.99 Å². The highest BCUT2D eigenvalue weighted by Gasteiger charge is 2.16. The van der Waals surface area contributed by atoms with Gasteiger partial charge >= 0.3 is 5.97 Å². The van der Waals surface area contributed by atoms with Gasteiger partial charge in [0.15, 0.2) is 4.80 Å². The molecule has 0 N–H and O–H groups in total. The number of hydrogen-bond donors (Lipinski definition) is 0. The average molecular weight is 440 g/mol. The molecule has 0 bridgehead atoms. The molecule has 0 saturated carbocycles. The molecule has 3 aromatic rings. The third-order valence-electron chi connectivity index (χ3n) is 3.75. The Morgan fingerprint density at radius 3 is 2.64 bits per heavy atom. The number of ether oxygens (including phenoxy) is 1. The molecule has 0 saturated heterocycles. The van der Waals surface area contributed by atoms with Gasteiger partial charge in [-0.3, -0.25) is 19.7 Å². The van der Waals surface area contributed by atoms with Gasteiger partial charge in [-0.15, -0.1) is 0 Å². The molecular formula is C17H11Cl2N3O5S. The second kappa shape index (κ2) is 8.09. The third kappa shape index (κ3) is 4.06. The van der Waals surface area contributed by atoms with Gasteiger partial charge in [0.25, 0.3) is 11.6 Å². The van der Waals surface area contributed by atoms with E-state index in [1.165, 1.54) is 48.1 Å². The zero-order chi connectivity index (χ0) is 20.4. The number of halogens is 2. The predicted molar refractivity (Wildman–Crippen MR) is 105 cm³/mol. The first-order valence-corrected chi connectivity index (χ1v) is 9.26. The minimum absolute atomic E-state index is 0.113. The number of nitro benzene ring substituents is 1. The Labute approximate surface area is 171 Å². The maximum Gasteiger partial charge on any atom is 0.325 e. The maximum atomic E-state index is 12.6. The number of esters is 1. The van der Waals surface area contributed by atoms with Gasteiger partial charge in [-0.25, -0.2) is 0 Å². The molecule has 0 unspecified atom stereocenters. The molecule has 3 rings (SSSR count). The van der Waals surface area contributed by atoms with Crippen LogP contribution in [0, 0.1) is 10.1 Å². The van der Waals surface area contributed by atoms with Crippen LogP contribution in [0.2, 0.25) is 10.0 Å². The Bertz CT molecular complexity index is 1190. The Balaban J connectivity index is 2.18. The zero-order valence-electron chi connectivity index (χ0n) is 14.2. The minimum atomic E-state index is -0.638. The van der Waals surface area contributed by atoms with Crippen molar-refractivity contribution in [2.75, 3.05) is 7.11 Å². The highest BCUT2D eigenvalue weighted by atomic mass is 35.5. The maximum absolute atomic E-state index is 12.6. The number of carbonyl (C=O) groups is 2. The molecular weight excluding hydrogens is 429 g/mol. The van der Waals surface area contributed by atoms with Gasteiger partial charge in [-0.1, -0.05) is 34.5 Å². The standard InChI is InChI=1S/C17H11Cl2N3O5S/c1-27-15(23)8-21-13-5-3-10(22(25)26)7-14(13)28-17(21)20-16(24)11-4-2-9(18)6-12(11)19/h2-7H,8H2,1H3. The smallest absolute Gasteiger partial charge is 0.325 e. The number of methoxy groups -OCH3 is 1. The fourth-order valence-corrected chi connectivity index (χ4v) is 3.97. The monoisotopic (exact) mass is 439 g/mol. The number of rotatable bonds is 4. The Hall–Kier alpha value is -2.75. The van der Waals surface area contributed by atoms with Crippen molar-refractivity contribution in [3.05, 3.63) is 66.9 Å². The van der Waals surface area contributed by atoms with Crippen LogP contribution in [0.3, 0.4) is 0 Å². The molecule has 8 nitrogen and oxygen atoms in total. The van der Waals surface area contributed by atoms with Crippen LogP contribution in [0.1, 0.15) is 10.4 Å². The summed E-state index contributed by atoms with van der Waals surface area (Å²) >= 11 is 12.9. The second-order valence-electron chi connectivity index (χ2n) is 5.50. The molecule has 0 radical (unpaired) electrons. The minimum Gasteiger partial charge on any atom is -0.468 e. The summed E-state index contributed by atoms with van der Waals surface area (Å²) in [5, 5.41) is 11.5. The average Bonchev–Trinajstić information content (AvgIpc) is 2.97. The molecule has 0 atom stereocenters. The number of fused-ring (bicyclic) bond motifs is 1. The Kier molecular flexibility index (Phi) is 5.78. The zero-order valence-corrected chi connectivity index (χ0v) is 16.5. The molecule has 1 heterocycles. The lowest BCUT2D eigenvalue weighted by Crippen LogP contribution is -2.22. The van der Waals surface area contributed by atoms with E-state index < -0.39 is 16.8 Å². The van der Waals surface area contributed by atoms with Crippen LogP contribution >= 0.6 is 34.5 Å². The van der Waals surface area contributed by atoms with E-state index in [1.807, 2.05) is 0 Å². The molecule has 1 amide bonds. The van der Waals surface area contributed by atoms with Gasteiger partial charge in [-0.05, 0) is 24.3 Å². The molecule has 0 aliphatic carbocycles. The van der Waals surface area contributed by atoms with Crippen molar-refractivity contribution in [3.63, 3.8) is 0 Å². The fraction of sp³-hybridized carbons (Fsp3) is 0.118. The molecule has 0 spiro atoms. The summed E-state index contributed by atoms with van der Waals surface area (Å²) in [7, 11) is 1.23. The van der Waals surface area contributed by atoms with E-state index in [-0.39, 0.29) is 27.6 Å². The summed E-state index contributed by atoms with van der Waals surface area (Å²) in [5.74, 6) is -1.20. The number of thiazole rings is 1. The number of carbonyl (C=O) groups excluding carboxylic acids is 2. The molecule has 0 fully saturated rings. The number of hydrogen-bond acceptors (Lipinski definition) is 6. The summed E-state index contributed by atoms with van der Waals surface area (Å²) in [6.07, 6.45) is 0. The summed E-state index contributed by atoms with van der Waals surface area (Å²) in [5.41, 5.74) is 0.534. The first-order chi connectivity index (χ1) is 13.3. The van der Waals surface area contributed by atoms with Gasteiger partial charge < -0.3 is 9.30 Å². The fourth-order valence-electron chi connectivity index (χ4n) is 2.42. The van der Waals surface area contributed by atoms with E-state index >= 15 is 0 Å². The topological polar surface area (TPSA) is 104 Å². The highest BCUT2D eigenvalue weighted by molar-refractivity contribution is 7.16. The van der Waals surface area contributed by atoms with Crippen molar-refractivity contribution in [3.8, 4) is 0 Å². The van der Waals surface area contributed by atoms with Crippen LogP contribution in [0.15, 0.2) is 41.4 Å². The van der Waals surface area contributed by atoms with Gasteiger partial charge in [-0.2, -0.15) is 4.99 Å². The van der Waals surface area contributed by atoms with E-state index in [9.17, 15) is 19.7 Å². The van der Waals surface area contributed by atoms with Crippen LogP contribution in [-0.2, 0) is 16.1 Å². The van der Waals surface area contributed by atoms with E-state index in [2.05, 4.69) is 9.73 Å². The van der Waals surface area contributed by atoms with E-state index in [1.54, 1.807) is 0 Å². The molecule has 0 aliphatic heterocycles. The van der Waals surface area contributed by atoms with Crippen molar-refractivity contribution >= 4 is 62.3 Å². The van der Waals surface area contributed by atoms with Crippen LogP contribution in [0.5, 0.6) is 0 Å². The second-order valence-corrected chi connectivity index (χ2v) is 7.35. The first-order valence-electron chi connectivity index (χ1n) is 7.69. The largest absolute Gasteiger partial charge is 0.468 e. The highest BCUT2D eigenvalue weighted by Crippen LogP contribution is 2.24. The summed E-state index contributed by atoms with van der Waals surface area (Å²) in [4.78, 5) is 39.1. The van der Waals surface area contributed by atoms with E-state index in [4.69, 9.17) is 23.2 Å². The number of non-ortho nitro benzene ring substituents is 1. The molecule has 2 aromatic carbocycles. The van der Waals surface area contributed by atoms with Crippen molar-refractivity contribution in [1.82, 2.24) is 4.57 Å². The predicted octanol–water partition coefficient (Wildman–Crippen LogP) is 3.83. The Morgan fingerprint density at radius 1 is 1.25 bits per heavy atom. The van der Waals surface area contributed by atoms with Crippen LogP contribution in [0.25, 0.3) is 10.2 Å². The van der Waals surface area contributed by atoms with Gasteiger partial charge in [0.2, 0.25) is 0 Å². The van der Waals surface area contributed by atoms with Gasteiger partial charge in [0.1, 0.15) is 6.54 Å². The number of nitro groups is 1. The van der Waals surface area contributed by atoms with Crippen LogP contribution in [0.4, 0.5) is 5.69 Å². The van der Waals surface area contributed by atoms with Crippen LogP contribution in [-0.4, -0.2) is 28.5 Å². The molecule has 28 heavy (non-hydrogen) atoms. The normalized spacial score (nSPS) is 11.6. The lowest BCUT2D eigenvalue weighted by Gasteiger charge is -2.04. The Morgan fingerprint density at radius 2 is 2.00 bits per heavy atom. The summed E-state index contributed by atoms with van der Waals surface area (Å²) in [6, 6.07) is 8.53. The first kappa shape index (κ1) is 20.0. The summed E-state index contributed by atoms with van der Waals surface area (Å²) in [6.45, 7) is -0.214. The summed E-state index contributed by atoms with van der Waals surface area (Å²) < 4.78 is 6.63. The van der Waals surface area contributed by atoms with Crippen molar-refractivity contribution in [2.45, 2.75) is 6.54 Å². The van der Waals surface area contributed by atoms with E-state index in [0.29, 0.717) is 15.2 Å². The number of nitrogens with zero attached hydrogens (tertiary/aromatic N) is 3. The van der Waals surface area contributed by atoms with Crippen LogP contribution < -0.4 is 4.80 Å². The quantitative estimate of drug-likeness (QED) is 0.349. The molecule has 11 heteroatoms. The number of aromatic nitrogens is 1. The number of amides is 1. The molecule has 144 valence electrons. The number of benzene rings is 2. The van der Waals surface area contributed by atoms with E-state index in [0.717, 1.165) is 11.3 Å².